The Kier molecular flexibility index (Phi) is 6.01. The van der Waals surface area contributed by atoms with Crippen molar-refractivity contribution in [2.45, 2.75) is 26.7 Å². The number of aromatic nitrogens is 3. The Morgan fingerprint density at radius 2 is 2.00 bits per heavy atom. The van der Waals surface area contributed by atoms with Gasteiger partial charge in [-0.05, 0) is 41.5 Å². The minimum absolute atomic E-state index is 0.451. The number of halogens is 3. The maximum absolute atomic E-state index is 6.21. The van der Waals surface area contributed by atoms with E-state index in [1.54, 1.807) is 12.3 Å². The van der Waals surface area contributed by atoms with Crippen molar-refractivity contribution < 1.29 is 0 Å². The molecule has 0 radical (unpaired) electrons. The molecule has 4 nitrogen and oxygen atoms in total. The van der Waals surface area contributed by atoms with Gasteiger partial charge in [-0.25, -0.2) is 15.0 Å². The topological polar surface area (TPSA) is 50.7 Å². The zero-order valence-corrected chi connectivity index (χ0v) is 15.4. The van der Waals surface area contributed by atoms with Crippen molar-refractivity contribution in [3.05, 3.63) is 31.6 Å². The average Bonchev–Trinajstić information content (AvgIpc) is 2.46. The lowest BCUT2D eigenvalue weighted by molar-refractivity contribution is 0.940. The Morgan fingerprint density at radius 3 is 2.62 bits per heavy atom. The van der Waals surface area contributed by atoms with E-state index in [1.807, 2.05) is 0 Å². The molecular weight excluding hydrogens is 422 g/mol. The van der Waals surface area contributed by atoms with Crippen molar-refractivity contribution in [1.82, 2.24) is 15.0 Å². The van der Waals surface area contributed by atoms with Crippen LogP contribution in [0.25, 0.3) is 11.5 Å². The first-order valence-electron chi connectivity index (χ1n) is 6.68. The van der Waals surface area contributed by atoms with Crippen LogP contribution in [0.15, 0.2) is 12.3 Å². The van der Waals surface area contributed by atoms with Crippen LogP contribution in [0.5, 0.6) is 0 Å². The summed E-state index contributed by atoms with van der Waals surface area (Å²) in [5.74, 6) is 1.35. The number of hydrogen-bond donors (Lipinski definition) is 1. The van der Waals surface area contributed by atoms with Crippen LogP contribution in [0.3, 0.4) is 0 Å². The van der Waals surface area contributed by atoms with E-state index in [0.29, 0.717) is 21.6 Å². The van der Waals surface area contributed by atoms with E-state index >= 15 is 0 Å². The summed E-state index contributed by atoms with van der Waals surface area (Å²) in [4.78, 5) is 13.4. The van der Waals surface area contributed by atoms with E-state index in [0.717, 1.165) is 34.5 Å². The average molecular weight is 437 g/mol. The summed E-state index contributed by atoms with van der Waals surface area (Å²) in [5.41, 5.74) is 1.53. The number of nitrogens with one attached hydrogen (secondary N) is 1. The van der Waals surface area contributed by atoms with Gasteiger partial charge in [-0.1, -0.05) is 37.0 Å². The van der Waals surface area contributed by atoms with Crippen molar-refractivity contribution in [2.75, 3.05) is 11.9 Å². The third-order valence-corrected chi connectivity index (χ3v) is 4.45. The molecule has 2 aromatic rings. The molecule has 112 valence electrons. The highest BCUT2D eigenvalue weighted by Crippen LogP contribution is 2.29. The van der Waals surface area contributed by atoms with E-state index < -0.39 is 0 Å². The summed E-state index contributed by atoms with van der Waals surface area (Å²) in [6.45, 7) is 5.03. The number of nitrogens with zero attached hydrogens (tertiary/aromatic N) is 3. The lowest BCUT2D eigenvalue weighted by Crippen LogP contribution is -2.09. The quantitative estimate of drug-likeness (QED) is 0.681. The first-order valence-corrected chi connectivity index (χ1v) is 8.52. The van der Waals surface area contributed by atoms with Gasteiger partial charge in [0.2, 0.25) is 0 Å². The Hall–Kier alpha value is -0.660. The fourth-order valence-corrected chi connectivity index (χ4v) is 3.05. The molecule has 2 aromatic heterocycles. The molecule has 2 heterocycles. The number of anilines is 1. The number of rotatable bonds is 5. The van der Waals surface area contributed by atoms with Crippen molar-refractivity contribution >= 4 is 51.6 Å². The molecule has 0 fully saturated rings. The fraction of sp³-hybridized carbons (Fsp3) is 0.357. The van der Waals surface area contributed by atoms with E-state index in [4.69, 9.17) is 23.2 Å². The van der Waals surface area contributed by atoms with Crippen molar-refractivity contribution in [2.24, 2.45) is 0 Å². The highest BCUT2D eigenvalue weighted by molar-refractivity contribution is 14.1. The second-order valence-electron chi connectivity index (χ2n) is 4.42. The van der Waals surface area contributed by atoms with Crippen LogP contribution in [-0.2, 0) is 6.42 Å². The summed E-state index contributed by atoms with van der Waals surface area (Å²) < 4.78 is 1.04. The van der Waals surface area contributed by atoms with Crippen molar-refractivity contribution in [3.63, 3.8) is 0 Å². The molecule has 0 saturated heterocycles. The van der Waals surface area contributed by atoms with Gasteiger partial charge in [0.25, 0.3) is 0 Å². The van der Waals surface area contributed by atoms with Gasteiger partial charge in [-0.15, -0.1) is 0 Å². The van der Waals surface area contributed by atoms with Crippen LogP contribution in [-0.4, -0.2) is 21.5 Å². The van der Waals surface area contributed by atoms with E-state index in [-0.39, 0.29) is 0 Å². The summed E-state index contributed by atoms with van der Waals surface area (Å²) >= 11 is 14.4. The zero-order valence-electron chi connectivity index (χ0n) is 11.8. The first-order chi connectivity index (χ1) is 10.1. The van der Waals surface area contributed by atoms with Crippen LogP contribution in [0.1, 0.15) is 26.0 Å². The number of pyridine rings is 1. The zero-order chi connectivity index (χ0) is 15.4. The normalized spacial score (nSPS) is 10.7. The molecule has 0 unspecified atom stereocenters. The van der Waals surface area contributed by atoms with E-state index in [9.17, 15) is 0 Å². The molecule has 1 N–H and O–H groups in total. The molecule has 0 amide bonds. The highest BCUT2D eigenvalue weighted by Gasteiger charge is 2.15. The van der Waals surface area contributed by atoms with Gasteiger partial charge < -0.3 is 5.32 Å². The van der Waals surface area contributed by atoms with Gasteiger partial charge in [-0.2, -0.15) is 0 Å². The number of hydrogen-bond acceptors (Lipinski definition) is 4. The molecule has 21 heavy (non-hydrogen) atoms. The monoisotopic (exact) mass is 436 g/mol. The standard InChI is InChI=1S/C14H15Cl2IN4/c1-3-5-18-13-11(17)10(4-2)20-14(21-13)12-9(16)6-8(15)7-19-12/h6-7H,3-5H2,1-2H3,(H,18,20,21). The van der Waals surface area contributed by atoms with Crippen LogP contribution < -0.4 is 5.32 Å². The van der Waals surface area contributed by atoms with Crippen LogP contribution >= 0.6 is 45.8 Å². The Balaban J connectivity index is 2.52. The molecule has 0 atom stereocenters. The molecule has 0 aromatic carbocycles. The Bertz CT molecular complexity index is 649. The molecule has 0 aliphatic heterocycles. The van der Waals surface area contributed by atoms with Gasteiger partial charge in [-0.3, -0.25) is 0 Å². The number of aryl methyl sites for hydroxylation is 1. The summed E-state index contributed by atoms with van der Waals surface area (Å²) in [6.07, 6.45) is 3.39. The van der Waals surface area contributed by atoms with Crippen LogP contribution in [0.4, 0.5) is 5.82 Å². The smallest absolute Gasteiger partial charge is 0.182 e. The third-order valence-electron chi connectivity index (χ3n) is 2.82. The Labute approximate surface area is 147 Å². The second-order valence-corrected chi connectivity index (χ2v) is 6.34. The molecule has 0 aliphatic carbocycles. The SMILES string of the molecule is CCCNc1nc(-c2ncc(Cl)cc2Cl)nc(CC)c1I. The maximum Gasteiger partial charge on any atom is 0.182 e. The lowest BCUT2D eigenvalue weighted by Gasteiger charge is -2.12. The van der Waals surface area contributed by atoms with Crippen LogP contribution in [0.2, 0.25) is 10.0 Å². The molecule has 0 saturated carbocycles. The summed E-state index contributed by atoms with van der Waals surface area (Å²) in [7, 11) is 0. The summed E-state index contributed by atoms with van der Waals surface area (Å²) in [5, 5.41) is 4.27. The van der Waals surface area contributed by atoms with E-state index in [1.165, 1.54) is 0 Å². The largest absolute Gasteiger partial charge is 0.369 e. The van der Waals surface area contributed by atoms with Gasteiger partial charge in [0.1, 0.15) is 11.5 Å². The van der Waals surface area contributed by atoms with E-state index in [2.05, 4.69) is 56.7 Å². The minimum Gasteiger partial charge on any atom is -0.369 e. The van der Waals surface area contributed by atoms with Crippen molar-refractivity contribution in [1.29, 1.82) is 0 Å². The minimum atomic E-state index is 0.451. The molecular formula is C14H15Cl2IN4. The second kappa shape index (κ2) is 7.56. The molecule has 7 heteroatoms. The van der Waals surface area contributed by atoms with Gasteiger partial charge in [0.15, 0.2) is 5.82 Å². The molecule has 0 bridgehead atoms. The van der Waals surface area contributed by atoms with Crippen LogP contribution in [0, 0.1) is 3.57 Å². The molecule has 0 aliphatic rings. The predicted molar refractivity (Wildman–Crippen MR) is 96.2 cm³/mol. The first kappa shape index (κ1) is 16.7. The summed E-state index contributed by atoms with van der Waals surface area (Å²) in [6, 6.07) is 1.65. The van der Waals surface area contributed by atoms with Gasteiger partial charge in [0, 0.05) is 12.7 Å². The Morgan fingerprint density at radius 1 is 1.24 bits per heavy atom. The third kappa shape index (κ3) is 3.96. The molecule has 2 rings (SSSR count). The van der Waals surface area contributed by atoms with Gasteiger partial charge >= 0.3 is 0 Å². The van der Waals surface area contributed by atoms with Gasteiger partial charge in [0.05, 0.1) is 19.3 Å². The molecule has 0 spiro atoms. The fourth-order valence-electron chi connectivity index (χ4n) is 1.77. The lowest BCUT2D eigenvalue weighted by atomic mass is 10.2. The predicted octanol–water partition coefficient (Wildman–Crippen LogP) is 4.83. The maximum atomic E-state index is 6.21. The highest BCUT2D eigenvalue weighted by atomic mass is 127. The van der Waals surface area contributed by atoms with Crippen molar-refractivity contribution in [3.8, 4) is 11.5 Å².